The Hall–Kier alpha value is -2.73. The van der Waals surface area contributed by atoms with Gasteiger partial charge in [0.2, 0.25) is 5.91 Å². The highest BCUT2D eigenvalue weighted by Gasteiger charge is 2.11. The summed E-state index contributed by atoms with van der Waals surface area (Å²) in [4.78, 5) is 28.9. The summed E-state index contributed by atoms with van der Waals surface area (Å²) in [6.07, 6.45) is 1.48. The molecular formula is C17H19N3O3. The van der Waals surface area contributed by atoms with Crippen LogP contribution in [0.4, 0.5) is 5.69 Å². The average Bonchev–Trinajstić information content (AvgIpc) is 2.59. The SMILES string of the molecule is COC(=O)c1ccc(-c2ccc(N(CCN)C(C)=O)cc2)nc1. The number of ether oxygens (including phenoxy) is 1. The summed E-state index contributed by atoms with van der Waals surface area (Å²) < 4.78 is 4.64. The van der Waals surface area contributed by atoms with Crippen molar-refractivity contribution in [1.82, 2.24) is 4.98 Å². The van der Waals surface area contributed by atoms with E-state index in [0.29, 0.717) is 18.7 Å². The number of rotatable bonds is 5. The van der Waals surface area contributed by atoms with Crippen molar-refractivity contribution >= 4 is 17.6 Å². The Morgan fingerprint density at radius 1 is 1.17 bits per heavy atom. The lowest BCUT2D eigenvalue weighted by molar-refractivity contribution is -0.116. The van der Waals surface area contributed by atoms with Crippen LogP contribution in [0.25, 0.3) is 11.3 Å². The molecule has 0 aliphatic heterocycles. The molecule has 2 N–H and O–H groups in total. The van der Waals surface area contributed by atoms with Crippen molar-refractivity contribution in [2.45, 2.75) is 6.92 Å². The van der Waals surface area contributed by atoms with E-state index in [1.165, 1.54) is 20.2 Å². The van der Waals surface area contributed by atoms with Crippen LogP contribution in [-0.2, 0) is 9.53 Å². The molecule has 1 heterocycles. The van der Waals surface area contributed by atoms with Gasteiger partial charge >= 0.3 is 5.97 Å². The lowest BCUT2D eigenvalue weighted by Gasteiger charge is -2.20. The van der Waals surface area contributed by atoms with Crippen molar-refractivity contribution < 1.29 is 14.3 Å². The largest absolute Gasteiger partial charge is 0.465 e. The van der Waals surface area contributed by atoms with Gasteiger partial charge in [0.05, 0.1) is 18.4 Å². The number of hydrogen-bond acceptors (Lipinski definition) is 5. The molecule has 0 fully saturated rings. The molecule has 0 bridgehead atoms. The number of benzene rings is 1. The fourth-order valence-corrected chi connectivity index (χ4v) is 2.21. The number of anilines is 1. The zero-order chi connectivity index (χ0) is 16.8. The zero-order valence-corrected chi connectivity index (χ0v) is 13.2. The second-order valence-corrected chi connectivity index (χ2v) is 4.93. The normalized spacial score (nSPS) is 10.2. The Labute approximate surface area is 134 Å². The minimum absolute atomic E-state index is 0.0521. The molecule has 0 aliphatic rings. The molecule has 0 saturated heterocycles. The summed E-state index contributed by atoms with van der Waals surface area (Å²) >= 11 is 0. The first-order valence-corrected chi connectivity index (χ1v) is 7.19. The minimum Gasteiger partial charge on any atom is -0.465 e. The van der Waals surface area contributed by atoms with E-state index in [0.717, 1.165) is 16.9 Å². The maximum absolute atomic E-state index is 11.6. The minimum atomic E-state index is -0.418. The quantitative estimate of drug-likeness (QED) is 0.851. The third-order valence-electron chi connectivity index (χ3n) is 3.39. The van der Waals surface area contributed by atoms with Gasteiger partial charge in [-0.15, -0.1) is 0 Å². The van der Waals surface area contributed by atoms with E-state index < -0.39 is 5.97 Å². The lowest BCUT2D eigenvalue weighted by atomic mass is 10.1. The van der Waals surface area contributed by atoms with Crippen LogP contribution in [-0.4, -0.2) is 37.1 Å². The van der Waals surface area contributed by atoms with Crippen LogP contribution in [0.3, 0.4) is 0 Å². The van der Waals surface area contributed by atoms with Crippen LogP contribution < -0.4 is 10.6 Å². The molecule has 1 aromatic carbocycles. The van der Waals surface area contributed by atoms with Crippen molar-refractivity contribution in [1.29, 1.82) is 0 Å². The zero-order valence-electron chi connectivity index (χ0n) is 13.2. The highest BCUT2D eigenvalue weighted by Crippen LogP contribution is 2.22. The summed E-state index contributed by atoms with van der Waals surface area (Å²) in [7, 11) is 1.33. The Balaban J connectivity index is 2.22. The van der Waals surface area contributed by atoms with E-state index in [9.17, 15) is 9.59 Å². The summed E-state index contributed by atoms with van der Waals surface area (Å²) in [6.45, 7) is 2.38. The van der Waals surface area contributed by atoms with E-state index in [-0.39, 0.29) is 5.91 Å². The van der Waals surface area contributed by atoms with E-state index in [2.05, 4.69) is 9.72 Å². The van der Waals surface area contributed by atoms with Crippen LogP contribution in [0.2, 0.25) is 0 Å². The topological polar surface area (TPSA) is 85.5 Å². The van der Waals surface area contributed by atoms with Gasteiger partial charge in [-0.3, -0.25) is 9.78 Å². The van der Waals surface area contributed by atoms with Gasteiger partial charge in [-0.1, -0.05) is 12.1 Å². The van der Waals surface area contributed by atoms with Gasteiger partial charge in [0.25, 0.3) is 0 Å². The van der Waals surface area contributed by atoms with Crippen LogP contribution in [0.15, 0.2) is 42.6 Å². The molecule has 1 aromatic heterocycles. The average molecular weight is 313 g/mol. The number of aromatic nitrogens is 1. The van der Waals surface area contributed by atoms with Gasteiger partial charge in [0, 0.05) is 37.5 Å². The molecule has 2 aromatic rings. The predicted octanol–water partition coefficient (Wildman–Crippen LogP) is 1.85. The second-order valence-electron chi connectivity index (χ2n) is 4.93. The molecule has 0 atom stereocenters. The monoisotopic (exact) mass is 313 g/mol. The van der Waals surface area contributed by atoms with Crippen LogP contribution in [0, 0.1) is 0 Å². The highest BCUT2D eigenvalue weighted by atomic mass is 16.5. The fourth-order valence-electron chi connectivity index (χ4n) is 2.21. The second kappa shape index (κ2) is 7.51. The van der Waals surface area contributed by atoms with Crippen molar-refractivity contribution in [2.75, 3.05) is 25.1 Å². The van der Waals surface area contributed by atoms with Crippen LogP contribution in [0.5, 0.6) is 0 Å². The molecule has 0 aliphatic carbocycles. The van der Waals surface area contributed by atoms with Gasteiger partial charge < -0.3 is 15.4 Å². The van der Waals surface area contributed by atoms with Crippen molar-refractivity contribution in [3.05, 3.63) is 48.2 Å². The maximum atomic E-state index is 11.6. The fraction of sp³-hybridized carbons (Fsp3) is 0.235. The van der Waals surface area contributed by atoms with Crippen molar-refractivity contribution in [3.8, 4) is 11.3 Å². The van der Waals surface area contributed by atoms with Gasteiger partial charge in [-0.2, -0.15) is 0 Å². The number of nitrogens with zero attached hydrogens (tertiary/aromatic N) is 2. The lowest BCUT2D eigenvalue weighted by Crippen LogP contribution is -2.33. The summed E-state index contributed by atoms with van der Waals surface area (Å²) in [5.41, 5.74) is 8.35. The number of carbonyl (C=O) groups is 2. The van der Waals surface area contributed by atoms with E-state index in [4.69, 9.17) is 5.73 Å². The Bertz CT molecular complexity index is 681. The molecule has 2 rings (SSSR count). The molecule has 6 nitrogen and oxygen atoms in total. The molecule has 120 valence electrons. The molecule has 0 unspecified atom stereocenters. The van der Waals surface area contributed by atoms with Gasteiger partial charge in [0.15, 0.2) is 0 Å². The molecule has 0 spiro atoms. The first kappa shape index (κ1) is 16.6. The molecule has 23 heavy (non-hydrogen) atoms. The van der Waals surface area contributed by atoms with Gasteiger partial charge in [-0.05, 0) is 24.3 Å². The van der Waals surface area contributed by atoms with Crippen molar-refractivity contribution in [2.24, 2.45) is 5.73 Å². The van der Waals surface area contributed by atoms with Gasteiger partial charge in [-0.25, -0.2) is 4.79 Å². The molecule has 0 saturated carbocycles. The number of carbonyl (C=O) groups excluding carboxylic acids is 2. The maximum Gasteiger partial charge on any atom is 0.339 e. The smallest absolute Gasteiger partial charge is 0.339 e. The Morgan fingerprint density at radius 2 is 1.87 bits per heavy atom. The molecule has 1 amide bonds. The van der Waals surface area contributed by atoms with Crippen LogP contribution in [0.1, 0.15) is 17.3 Å². The summed E-state index contributed by atoms with van der Waals surface area (Å²) in [5, 5.41) is 0. The van der Waals surface area contributed by atoms with Crippen LogP contribution >= 0.6 is 0 Å². The number of pyridine rings is 1. The molecule has 0 radical (unpaired) electrons. The van der Waals surface area contributed by atoms with E-state index >= 15 is 0 Å². The van der Waals surface area contributed by atoms with E-state index in [1.54, 1.807) is 17.0 Å². The number of nitrogens with two attached hydrogens (primary N) is 1. The van der Waals surface area contributed by atoms with Crippen molar-refractivity contribution in [3.63, 3.8) is 0 Å². The number of esters is 1. The third-order valence-corrected chi connectivity index (χ3v) is 3.39. The standard InChI is InChI=1S/C17H19N3O3/c1-12(21)20(10-9-18)15-6-3-13(4-7-15)16-8-5-14(11-19-16)17(22)23-2/h3-8,11H,9-10,18H2,1-2H3. The first-order valence-electron chi connectivity index (χ1n) is 7.19. The summed E-state index contributed by atoms with van der Waals surface area (Å²) in [5.74, 6) is -0.470. The highest BCUT2D eigenvalue weighted by molar-refractivity contribution is 5.92. The predicted molar refractivity (Wildman–Crippen MR) is 88.1 cm³/mol. The number of hydrogen-bond donors (Lipinski definition) is 1. The number of amides is 1. The summed E-state index contributed by atoms with van der Waals surface area (Å²) in [6, 6.07) is 10.9. The first-order chi connectivity index (χ1) is 11.1. The number of methoxy groups -OCH3 is 1. The molecular weight excluding hydrogens is 294 g/mol. The Kier molecular flexibility index (Phi) is 5.43. The third kappa shape index (κ3) is 3.92. The molecule has 6 heteroatoms. The Morgan fingerprint density at radius 3 is 2.35 bits per heavy atom. The van der Waals surface area contributed by atoms with Gasteiger partial charge in [0.1, 0.15) is 0 Å². The van der Waals surface area contributed by atoms with E-state index in [1.807, 2.05) is 24.3 Å².